The zero-order valence-corrected chi connectivity index (χ0v) is 14.9. The van der Waals surface area contributed by atoms with E-state index in [1.165, 1.54) is 0 Å². The highest BCUT2D eigenvalue weighted by Crippen LogP contribution is 2.16. The predicted octanol–water partition coefficient (Wildman–Crippen LogP) is 2.37. The molecule has 1 aliphatic heterocycles. The zero-order valence-electron chi connectivity index (χ0n) is 14.9. The maximum Gasteiger partial charge on any atom is 0.410 e. The van der Waals surface area contributed by atoms with Crippen molar-refractivity contribution in [2.24, 2.45) is 0 Å². The number of ether oxygens (including phenoxy) is 3. The van der Waals surface area contributed by atoms with E-state index in [2.05, 4.69) is 12.2 Å². The molecule has 1 aliphatic rings. The highest BCUT2D eigenvalue weighted by molar-refractivity contribution is 5.68. The third-order valence-electron chi connectivity index (χ3n) is 3.22. The highest BCUT2D eigenvalue weighted by atomic mass is 16.7. The predicted molar refractivity (Wildman–Crippen MR) is 85.9 cm³/mol. The highest BCUT2D eigenvalue weighted by Gasteiger charge is 2.28. The van der Waals surface area contributed by atoms with Crippen LogP contribution in [0.3, 0.4) is 0 Å². The average Bonchev–Trinajstić information content (AvgIpc) is 2.37. The molecule has 0 radical (unpaired) electrons. The first-order chi connectivity index (χ1) is 10.1. The molecule has 0 unspecified atom stereocenters. The minimum atomic E-state index is -0.497. The standard InChI is InChI=1S/C16H32N2O4/c1-7-9-18(14(19)22-15(2,3)4)10-8-17-13-11-20-16(5,6)21-12-13/h13,17H,7-12H2,1-6H3. The van der Waals surface area contributed by atoms with Crippen molar-refractivity contribution in [1.29, 1.82) is 0 Å². The molecule has 0 saturated carbocycles. The minimum Gasteiger partial charge on any atom is -0.444 e. The lowest BCUT2D eigenvalue weighted by Gasteiger charge is -2.35. The molecule has 22 heavy (non-hydrogen) atoms. The van der Waals surface area contributed by atoms with Gasteiger partial charge >= 0.3 is 6.09 Å². The van der Waals surface area contributed by atoms with Crippen LogP contribution < -0.4 is 5.32 Å². The average molecular weight is 316 g/mol. The molecule has 1 heterocycles. The molecule has 0 aliphatic carbocycles. The Morgan fingerprint density at radius 2 is 1.86 bits per heavy atom. The van der Waals surface area contributed by atoms with Gasteiger partial charge in [-0.05, 0) is 41.0 Å². The summed E-state index contributed by atoms with van der Waals surface area (Å²) in [6.07, 6.45) is 0.650. The van der Waals surface area contributed by atoms with Crippen molar-refractivity contribution in [2.75, 3.05) is 32.8 Å². The summed E-state index contributed by atoms with van der Waals surface area (Å²) in [4.78, 5) is 13.9. The normalized spacial score (nSPS) is 19.0. The SMILES string of the molecule is CCCN(CCNC1COC(C)(C)OC1)C(=O)OC(C)(C)C. The first-order valence-electron chi connectivity index (χ1n) is 8.12. The van der Waals surface area contributed by atoms with Crippen LogP contribution in [-0.4, -0.2) is 61.3 Å². The van der Waals surface area contributed by atoms with Gasteiger partial charge < -0.3 is 24.4 Å². The van der Waals surface area contributed by atoms with E-state index < -0.39 is 11.4 Å². The van der Waals surface area contributed by atoms with Gasteiger partial charge in [-0.15, -0.1) is 0 Å². The molecular weight excluding hydrogens is 284 g/mol. The smallest absolute Gasteiger partial charge is 0.410 e. The van der Waals surface area contributed by atoms with E-state index in [4.69, 9.17) is 14.2 Å². The van der Waals surface area contributed by atoms with Gasteiger partial charge in [-0.1, -0.05) is 6.92 Å². The number of nitrogens with zero attached hydrogens (tertiary/aromatic N) is 1. The third kappa shape index (κ3) is 7.42. The van der Waals surface area contributed by atoms with Crippen molar-refractivity contribution in [2.45, 2.75) is 65.4 Å². The summed E-state index contributed by atoms with van der Waals surface area (Å²) < 4.78 is 16.6. The topological polar surface area (TPSA) is 60.0 Å². The summed E-state index contributed by atoms with van der Waals surface area (Å²) in [5.74, 6) is -0.497. The van der Waals surface area contributed by atoms with E-state index in [0.717, 1.165) is 6.42 Å². The van der Waals surface area contributed by atoms with Crippen molar-refractivity contribution in [3.05, 3.63) is 0 Å². The molecular formula is C16H32N2O4. The molecule has 6 nitrogen and oxygen atoms in total. The molecule has 130 valence electrons. The van der Waals surface area contributed by atoms with Crippen LogP contribution in [0.5, 0.6) is 0 Å². The fraction of sp³-hybridized carbons (Fsp3) is 0.938. The van der Waals surface area contributed by atoms with Crippen LogP contribution in [0.1, 0.15) is 48.0 Å². The molecule has 1 rings (SSSR count). The quantitative estimate of drug-likeness (QED) is 0.815. The van der Waals surface area contributed by atoms with Crippen LogP contribution in [0, 0.1) is 0 Å². The zero-order chi connectivity index (χ0) is 16.8. The number of rotatable bonds is 6. The molecule has 0 aromatic carbocycles. The van der Waals surface area contributed by atoms with Gasteiger partial charge in [0.05, 0.1) is 19.3 Å². The third-order valence-corrected chi connectivity index (χ3v) is 3.22. The lowest BCUT2D eigenvalue weighted by molar-refractivity contribution is -0.252. The second-order valence-electron chi connectivity index (χ2n) is 7.14. The van der Waals surface area contributed by atoms with Gasteiger partial charge in [-0.3, -0.25) is 0 Å². The summed E-state index contributed by atoms with van der Waals surface area (Å²) in [5, 5.41) is 3.37. The van der Waals surface area contributed by atoms with Gasteiger partial charge in [0.15, 0.2) is 5.79 Å². The van der Waals surface area contributed by atoms with E-state index in [0.29, 0.717) is 32.8 Å². The van der Waals surface area contributed by atoms with E-state index in [1.807, 2.05) is 34.6 Å². The Morgan fingerprint density at radius 1 is 1.27 bits per heavy atom. The fourth-order valence-electron chi connectivity index (χ4n) is 2.10. The Balaban J connectivity index is 2.34. The molecule has 1 amide bonds. The maximum absolute atomic E-state index is 12.1. The molecule has 0 atom stereocenters. The van der Waals surface area contributed by atoms with Crippen molar-refractivity contribution < 1.29 is 19.0 Å². The molecule has 1 fully saturated rings. The van der Waals surface area contributed by atoms with Gasteiger partial charge in [0, 0.05) is 19.6 Å². The van der Waals surface area contributed by atoms with E-state index in [1.54, 1.807) is 4.90 Å². The largest absolute Gasteiger partial charge is 0.444 e. The summed E-state index contributed by atoms with van der Waals surface area (Å²) in [6.45, 7) is 14.8. The maximum atomic E-state index is 12.1. The summed E-state index contributed by atoms with van der Waals surface area (Å²) in [5.41, 5.74) is -0.465. The molecule has 0 bridgehead atoms. The lowest BCUT2D eigenvalue weighted by atomic mass is 10.2. The second-order valence-corrected chi connectivity index (χ2v) is 7.14. The number of carbonyl (C=O) groups is 1. The molecule has 6 heteroatoms. The first kappa shape index (κ1) is 19.2. The molecule has 0 spiro atoms. The Morgan fingerprint density at radius 3 is 2.36 bits per heavy atom. The minimum absolute atomic E-state index is 0.162. The van der Waals surface area contributed by atoms with Crippen LogP contribution in [0.25, 0.3) is 0 Å². The number of hydrogen-bond donors (Lipinski definition) is 1. The van der Waals surface area contributed by atoms with E-state index >= 15 is 0 Å². The molecule has 0 aromatic rings. The van der Waals surface area contributed by atoms with Crippen LogP contribution in [0.15, 0.2) is 0 Å². The Hall–Kier alpha value is -0.850. The van der Waals surface area contributed by atoms with Crippen molar-refractivity contribution in [3.8, 4) is 0 Å². The summed E-state index contributed by atoms with van der Waals surface area (Å²) >= 11 is 0. The second kappa shape index (κ2) is 8.13. The number of nitrogens with one attached hydrogen (secondary N) is 1. The van der Waals surface area contributed by atoms with Crippen LogP contribution in [0.4, 0.5) is 4.79 Å². The van der Waals surface area contributed by atoms with Crippen molar-refractivity contribution in [1.82, 2.24) is 10.2 Å². The van der Waals surface area contributed by atoms with E-state index in [9.17, 15) is 4.79 Å². The lowest BCUT2D eigenvalue weighted by Crippen LogP contribution is -2.50. The Labute approximate surface area is 134 Å². The van der Waals surface area contributed by atoms with Gasteiger partial charge in [0.2, 0.25) is 0 Å². The number of carbonyl (C=O) groups excluding carboxylic acids is 1. The van der Waals surface area contributed by atoms with Crippen LogP contribution in [-0.2, 0) is 14.2 Å². The summed E-state index contributed by atoms with van der Waals surface area (Å²) in [7, 11) is 0. The molecule has 1 N–H and O–H groups in total. The van der Waals surface area contributed by atoms with Crippen molar-refractivity contribution in [3.63, 3.8) is 0 Å². The van der Waals surface area contributed by atoms with Gasteiger partial charge in [-0.2, -0.15) is 0 Å². The van der Waals surface area contributed by atoms with Crippen molar-refractivity contribution >= 4 is 6.09 Å². The number of hydrogen-bond acceptors (Lipinski definition) is 5. The summed E-state index contributed by atoms with van der Waals surface area (Å²) in [6, 6.07) is 0.162. The van der Waals surface area contributed by atoms with Gasteiger partial charge in [0.25, 0.3) is 0 Å². The van der Waals surface area contributed by atoms with Gasteiger partial charge in [0.1, 0.15) is 5.60 Å². The van der Waals surface area contributed by atoms with Crippen LogP contribution in [0.2, 0.25) is 0 Å². The Bertz CT molecular complexity index is 343. The molecule has 0 aromatic heterocycles. The molecule has 1 saturated heterocycles. The van der Waals surface area contributed by atoms with Crippen LogP contribution >= 0.6 is 0 Å². The monoisotopic (exact) mass is 316 g/mol. The first-order valence-corrected chi connectivity index (χ1v) is 8.12. The van der Waals surface area contributed by atoms with Gasteiger partial charge in [-0.25, -0.2) is 4.79 Å². The number of amides is 1. The fourth-order valence-corrected chi connectivity index (χ4v) is 2.10. The van der Waals surface area contributed by atoms with E-state index in [-0.39, 0.29) is 12.1 Å². The Kier molecular flexibility index (Phi) is 7.09.